The first-order valence-electron chi connectivity index (χ1n) is 4.10. The molecule has 0 spiro atoms. The Bertz CT molecular complexity index is 512. The van der Waals surface area contributed by atoms with Crippen molar-refractivity contribution in [3.05, 3.63) is 42.2 Å². The molecule has 0 amide bonds. The standard InChI is InChI=1S/C10H6FNO3.Na/c11-7-4-2-1-3-6(7)8-5-12-9(15-8)10(13)14;/h1-5H,(H,13,14);/q;+1/p-1. The van der Waals surface area contributed by atoms with Gasteiger partial charge in [0.15, 0.2) is 5.76 Å². The van der Waals surface area contributed by atoms with E-state index in [1.165, 1.54) is 18.2 Å². The van der Waals surface area contributed by atoms with E-state index in [0.717, 1.165) is 6.20 Å². The van der Waals surface area contributed by atoms with Crippen LogP contribution in [0.4, 0.5) is 4.39 Å². The third-order valence-corrected chi connectivity index (χ3v) is 1.82. The summed E-state index contributed by atoms with van der Waals surface area (Å²) < 4.78 is 18.0. The van der Waals surface area contributed by atoms with Gasteiger partial charge in [0.05, 0.1) is 11.8 Å². The summed E-state index contributed by atoms with van der Waals surface area (Å²) in [6, 6.07) is 5.85. The summed E-state index contributed by atoms with van der Waals surface area (Å²) in [5.41, 5.74) is 0.164. The van der Waals surface area contributed by atoms with Gasteiger partial charge in [-0.1, -0.05) is 12.1 Å². The van der Waals surface area contributed by atoms with Gasteiger partial charge in [-0.05, 0) is 12.1 Å². The predicted molar refractivity (Wildman–Crippen MR) is 46.2 cm³/mol. The van der Waals surface area contributed by atoms with Crippen LogP contribution in [0.1, 0.15) is 10.7 Å². The Labute approximate surface area is 112 Å². The fraction of sp³-hybridized carbons (Fsp3) is 0. The minimum atomic E-state index is -1.53. The first-order chi connectivity index (χ1) is 7.18. The zero-order valence-electron chi connectivity index (χ0n) is 8.44. The monoisotopic (exact) mass is 229 g/mol. The van der Waals surface area contributed by atoms with Gasteiger partial charge in [0.2, 0.25) is 5.89 Å². The van der Waals surface area contributed by atoms with Crippen LogP contribution >= 0.6 is 0 Å². The van der Waals surface area contributed by atoms with Crippen molar-refractivity contribution in [3.8, 4) is 11.3 Å². The second kappa shape index (κ2) is 5.25. The van der Waals surface area contributed by atoms with Crippen molar-refractivity contribution in [1.29, 1.82) is 0 Å². The van der Waals surface area contributed by atoms with Gasteiger partial charge >= 0.3 is 29.6 Å². The SMILES string of the molecule is O=C([O-])c1ncc(-c2ccccc2F)o1.[Na+]. The van der Waals surface area contributed by atoms with E-state index in [0.29, 0.717) is 0 Å². The number of aromatic carboxylic acids is 1. The molecule has 2 aromatic rings. The Kier molecular flexibility index (Phi) is 4.23. The summed E-state index contributed by atoms with van der Waals surface area (Å²) in [5, 5.41) is 10.4. The molecule has 0 aliphatic carbocycles. The summed E-state index contributed by atoms with van der Waals surface area (Å²) in [6.45, 7) is 0. The van der Waals surface area contributed by atoms with Gasteiger partial charge in [0.1, 0.15) is 11.8 Å². The summed E-state index contributed by atoms with van der Waals surface area (Å²) in [7, 11) is 0. The van der Waals surface area contributed by atoms with E-state index >= 15 is 0 Å². The van der Waals surface area contributed by atoms with Gasteiger partial charge in [-0.15, -0.1) is 0 Å². The van der Waals surface area contributed by atoms with Crippen molar-refractivity contribution in [2.75, 3.05) is 0 Å². The molecular weight excluding hydrogens is 224 g/mol. The zero-order valence-corrected chi connectivity index (χ0v) is 10.4. The fourth-order valence-corrected chi connectivity index (χ4v) is 1.15. The third kappa shape index (κ3) is 2.49. The van der Waals surface area contributed by atoms with Crippen LogP contribution in [-0.2, 0) is 0 Å². The molecule has 16 heavy (non-hydrogen) atoms. The zero-order chi connectivity index (χ0) is 10.8. The largest absolute Gasteiger partial charge is 1.00 e. The maximum atomic E-state index is 13.2. The molecule has 0 radical (unpaired) electrons. The number of rotatable bonds is 2. The van der Waals surface area contributed by atoms with Gasteiger partial charge in [0.25, 0.3) is 0 Å². The maximum Gasteiger partial charge on any atom is 1.00 e. The Morgan fingerprint density at radius 1 is 1.38 bits per heavy atom. The Morgan fingerprint density at radius 2 is 2.06 bits per heavy atom. The fourth-order valence-electron chi connectivity index (χ4n) is 1.15. The number of hydrogen-bond donors (Lipinski definition) is 0. The van der Waals surface area contributed by atoms with Crippen molar-refractivity contribution in [2.45, 2.75) is 0 Å². The summed E-state index contributed by atoms with van der Waals surface area (Å²) in [5.74, 6) is -2.53. The van der Waals surface area contributed by atoms with E-state index in [1.54, 1.807) is 6.07 Å². The third-order valence-electron chi connectivity index (χ3n) is 1.82. The van der Waals surface area contributed by atoms with Crippen LogP contribution in [0.5, 0.6) is 0 Å². The van der Waals surface area contributed by atoms with Crippen LogP contribution in [0.25, 0.3) is 11.3 Å². The van der Waals surface area contributed by atoms with E-state index < -0.39 is 17.7 Å². The molecule has 0 saturated carbocycles. The number of oxazole rings is 1. The summed E-state index contributed by atoms with van der Waals surface area (Å²) in [6.07, 6.45) is 1.14. The van der Waals surface area contributed by atoms with Crippen LogP contribution in [0.3, 0.4) is 0 Å². The minimum absolute atomic E-state index is 0. The van der Waals surface area contributed by atoms with Crippen molar-refractivity contribution in [1.82, 2.24) is 4.98 Å². The molecule has 0 bridgehead atoms. The molecule has 0 N–H and O–H groups in total. The predicted octanol–water partition coefficient (Wildman–Crippen LogP) is -2.15. The molecule has 1 heterocycles. The van der Waals surface area contributed by atoms with Crippen LogP contribution in [-0.4, -0.2) is 11.0 Å². The molecule has 0 fully saturated rings. The number of aromatic nitrogens is 1. The number of carbonyl (C=O) groups is 1. The molecule has 76 valence electrons. The Balaban J connectivity index is 0.00000128. The number of nitrogens with zero attached hydrogens (tertiary/aromatic N) is 1. The molecule has 1 aromatic heterocycles. The number of halogens is 1. The molecule has 0 saturated heterocycles. The number of carboxylic acid groups (broad SMARTS) is 1. The molecule has 0 atom stereocenters. The Hall–Kier alpha value is -1.17. The van der Waals surface area contributed by atoms with Crippen molar-refractivity contribution >= 4 is 5.97 Å². The Morgan fingerprint density at radius 3 is 2.62 bits per heavy atom. The van der Waals surface area contributed by atoms with Crippen molar-refractivity contribution < 1.29 is 48.3 Å². The van der Waals surface area contributed by atoms with Gasteiger partial charge < -0.3 is 14.3 Å². The smallest absolute Gasteiger partial charge is 0.540 e. The average Bonchev–Trinajstić information content (AvgIpc) is 2.67. The summed E-state index contributed by atoms with van der Waals surface area (Å²) >= 11 is 0. The van der Waals surface area contributed by atoms with Gasteiger partial charge in [-0.3, -0.25) is 0 Å². The first-order valence-corrected chi connectivity index (χ1v) is 4.10. The minimum Gasteiger partial charge on any atom is -0.540 e. The van der Waals surface area contributed by atoms with Crippen molar-refractivity contribution in [2.24, 2.45) is 0 Å². The van der Waals surface area contributed by atoms with E-state index in [9.17, 15) is 14.3 Å². The second-order valence-corrected chi connectivity index (χ2v) is 2.80. The van der Waals surface area contributed by atoms with Crippen molar-refractivity contribution in [3.63, 3.8) is 0 Å². The number of carboxylic acids is 1. The first kappa shape index (κ1) is 12.9. The second-order valence-electron chi connectivity index (χ2n) is 2.80. The van der Waals surface area contributed by atoms with E-state index in [-0.39, 0.29) is 40.9 Å². The number of hydrogen-bond acceptors (Lipinski definition) is 4. The quantitative estimate of drug-likeness (QED) is 0.550. The molecular formula is C10H5FNNaO3. The van der Waals surface area contributed by atoms with Crippen LogP contribution in [0.15, 0.2) is 34.9 Å². The van der Waals surface area contributed by atoms with Crippen LogP contribution in [0.2, 0.25) is 0 Å². The van der Waals surface area contributed by atoms with Gasteiger partial charge in [-0.2, -0.15) is 0 Å². The average molecular weight is 229 g/mol. The molecule has 0 aliphatic rings. The van der Waals surface area contributed by atoms with E-state index in [4.69, 9.17) is 4.42 Å². The maximum absolute atomic E-state index is 13.2. The van der Waals surface area contributed by atoms with Crippen LogP contribution < -0.4 is 34.7 Å². The van der Waals surface area contributed by atoms with E-state index in [1.807, 2.05) is 0 Å². The molecule has 0 aliphatic heterocycles. The van der Waals surface area contributed by atoms with E-state index in [2.05, 4.69) is 4.98 Å². The number of carbonyl (C=O) groups excluding carboxylic acids is 1. The van der Waals surface area contributed by atoms with Gasteiger partial charge in [0, 0.05) is 0 Å². The van der Waals surface area contributed by atoms with Gasteiger partial charge in [-0.25, -0.2) is 9.37 Å². The number of benzene rings is 1. The molecule has 2 rings (SSSR count). The van der Waals surface area contributed by atoms with Crippen LogP contribution in [0, 0.1) is 5.82 Å². The summed E-state index contributed by atoms with van der Waals surface area (Å²) in [4.78, 5) is 13.8. The topological polar surface area (TPSA) is 66.2 Å². The normalized spacial score (nSPS) is 9.56. The molecule has 0 unspecified atom stereocenters. The molecule has 4 nitrogen and oxygen atoms in total. The molecule has 1 aromatic carbocycles. The molecule has 6 heteroatoms.